The summed E-state index contributed by atoms with van der Waals surface area (Å²) in [5.74, 6) is -0.621. The number of thiazole rings is 1. The van der Waals surface area contributed by atoms with Crippen molar-refractivity contribution in [3.63, 3.8) is 0 Å². The van der Waals surface area contributed by atoms with Crippen LogP contribution in [0.15, 0.2) is 34.4 Å². The van der Waals surface area contributed by atoms with Gasteiger partial charge in [-0.05, 0) is 19.1 Å². The van der Waals surface area contributed by atoms with E-state index < -0.39 is 17.8 Å². The van der Waals surface area contributed by atoms with Crippen LogP contribution >= 0.6 is 11.3 Å². The molecule has 3 rings (SSSR count). The van der Waals surface area contributed by atoms with Gasteiger partial charge in [0.2, 0.25) is 5.91 Å². The summed E-state index contributed by atoms with van der Waals surface area (Å²) in [4.78, 5) is 27.9. The number of imidazole rings is 1. The number of amides is 1. The molecular weight excluding hydrogens is 357 g/mol. The third kappa shape index (κ3) is 3.29. The lowest BCUT2D eigenvalue weighted by molar-refractivity contribution is -0.140. The zero-order chi connectivity index (χ0) is 18.2. The van der Waals surface area contributed by atoms with E-state index in [9.17, 15) is 22.8 Å². The number of hydrogen-bond acceptors (Lipinski definition) is 4. The molecule has 0 aliphatic heterocycles. The smallest absolute Gasteiger partial charge is 0.300 e. The first-order valence-electron chi connectivity index (χ1n) is 7.32. The molecule has 25 heavy (non-hydrogen) atoms. The Balaban J connectivity index is 1.84. The van der Waals surface area contributed by atoms with Crippen molar-refractivity contribution < 1.29 is 18.0 Å². The number of aryl methyl sites for hydroxylation is 1. The van der Waals surface area contributed by atoms with E-state index in [1.165, 1.54) is 9.13 Å². The second kappa shape index (κ2) is 6.36. The predicted molar refractivity (Wildman–Crippen MR) is 87.6 cm³/mol. The van der Waals surface area contributed by atoms with Crippen molar-refractivity contribution in [2.75, 3.05) is 5.32 Å². The molecule has 0 atom stereocenters. The Morgan fingerprint density at radius 1 is 1.24 bits per heavy atom. The number of rotatable bonds is 4. The van der Waals surface area contributed by atoms with Crippen LogP contribution in [0.2, 0.25) is 0 Å². The molecule has 0 aliphatic carbocycles. The van der Waals surface area contributed by atoms with Crippen LogP contribution < -0.4 is 11.0 Å². The molecule has 0 radical (unpaired) electrons. The monoisotopic (exact) mass is 370 g/mol. The second-order valence-electron chi connectivity index (χ2n) is 5.19. The van der Waals surface area contributed by atoms with Gasteiger partial charge in [0.15, 0.2) is 10.8 Å². The second-order valence-corrected chi connectivity index (χ2v) is 6.04. The molecule has 0 unspecified atom stereocenters. The van der Waals surface area contributed by atoms with E-state index in [1.54, 1.807) is 24.3 Å². The quantitative estimate of drug-likeness (QED) is 0.768. The number of fused-ring (bicyclic) bond motifs is 1. The zero-order valence-electron chi connectivity index (χ0n) is 13.0. The highest BCUT2D eigenvalue weighted by Gasteiger charge is 2.33. The van der Waals surface area contributed by atoms with Crippen LogP contribution in [0, 0.1) is 0 Å². The van der Waals surface area contributed by atoms with Crippen LogP contribution in [0.3, 0.4) is 0 Å². The number of hydrogen-bond donors (Lipinski definition) is 1. The molecule has 2 heterocycles. The summed E-state index contributed by atoms with van der Waals surface area (Å²) in [7, 11) is 0. The minimum atomic E-state index is -4.56. The molecule has 1 aromatic carbocycles. The molecule has 0 saturated carbocycles. The lowest BCUT2D eigenvalue weighted by Crippen LogP contribution is -2.29. The van der Waals surface area contributed by atoms with Gasteiger partial charge in [-0.3, -0.25) is 13.9 Å². The van der Waals surface area contributed by atoms with Crippen LogP contribution in [-0.2, 0) is 24.1 Å². The fourth-order valence-electron chi connectivity index (χ4n) is 2.49. The van der Waals surface area contributed by atoms with Crippen LogP contribution in [0.4, 0.5) is 18.3 Å². The molecule has 0 saturated heterocycles. The van der Waals surface area contributed by atoms with Crippen molar-refractivity contribution in [1.29, 1.82) is 0 Å². The number of anilines is 1. The number of nitrogens with zero attached hydrogens (tertiary/aromatic N) is 3. The molecule has 0 fully saturated rings. The van der Waals surface area contributed by atoms with Crippen LogP contribution in [0.1, 0.15) is 12.6 Å². The molecule has 10 heteroatoms. The third-order valence-corrected chi connectivity index (χ3v) is 4.34. The Kier molecular flexibility index (Phi) is 4.38. The van der Waals surface area contributed by atoms with Crippen molar-refractivity contribution in [3.8, 4) is 0 Å². The first-order chi connectivity index (χ1) is 11.8. The number of nitrogens with one attached hydrogen (secondary N) is 1. The summed E-state index contributed by atoms with van der Waals surface area (Å²) < 4.78 is 40.4. The standard InChI is InChI=1S/C15H13F3N4O2S/c1-2-21-9-5-3-4-6-10(9)22(14(21)24)7-12(23)20-13-19-11(8-25-13)15(16,17)18/h3-6,8H,2,7H2,1H3,(H,19,20,23). The number of carbonyl (C=O) groups excluding carboxylic acids is 1. The Bertz CT molecular complexity index is 987. The Hall–Kier alpha value is -2.62. The normalized spacial score (nSPS) is 11.8. The summed E-state index contributed by atoms with van der Waals surface area (Å²) in [6, 6.07) is 7.01. The molecule has 0 bridgehead atoms. The summed E-state index contributed by atoms with van der Waals surface area (Å²) in [5.41, 5.74) is -0.141. The number of halogens is 3. The molecule has 2 aromatic heterocycles. The molecule has 1 N–H and O–H groups in total. The number of alkyl halides is 3. The van der Waals surface area contributed by atoms with Crippen LogP contribution in [0.5, 0.6) is 0 Å². The van der Waals surface area contributed by atoms with E-state index in [-0.39, 0.29) is 17.4 Å². The molecule has 0 spiro atoms. The van der Waals surface area contributed by atoms with Gasteiger partial charge in [-0.1, -0.05) is 12.1 Å². The van der Waals surface area contributed by atoms with E-state index in [0.717, 1.165) is 5.38 Å². The number of aromatic nitrogens is 3. The maximum Gasteiger partial charge on any atom is 0.434 e. The van der Waals surface area contributed by atoms with E-state index in [1.807, 2.05) is 6.92 Å². The highest BCUT2D eigenvalue weighted by molar-refractivity contribution is 7.13. The van der Waals surface area contributed by atoms with Gasteiger partial charge in [0.05, 0.1) is 11.0 Å². The fraction of sp³-hybridized carbons (Fsp3) is 0.267. The van der Waals surface area contributed by atoms with E-state index >= 15 is 0 Å². The number of para-hydroxylation sites is 2. The van der Waals surface area contributed by atoms with Crippen LogP contribution in [-0.4, -0.2) is 20.0 Å². The van der Waals surface area contributed by atoms with E-state index in [0.29, 0.717) is 28.9 Å². The van der Waals surface area contributed by atoms with Crippen molar-refractivity contribution in [2.24, 2.45) is 0 Å². The van der Waals surface area contributed by atoms with Crippen molar-refractivity contribution in [2.45, 2.75) is 26.2 Å². The molecule has 1 amide bonds. The Morgan fingerprint density at radius 3 is 2.44 bits per heavy atom. The van der Waals surface area contributed by atoms with Crippen molar-refractivity contribution >= 4 is 33.4 Å². The lowest BCUT2D eigenvalue weighted by Gasteiger charge is -2.04. The Morgan fingerprint density at radius 2 is 1.88 bits per heavy atom. The minimum absolute atomic E-state index is 0.162. The third-order valence-electron chi connectivity index (χ3n) is 3.58. The zero-order valence-corrected chi connectivity index (χ0v) is 13.8. The first-order valence-corrected chi connectivity index (χ1v) is 8.20. The summed E-state index contributed by atoms with van der Waals surface area (Å²) >= 11 is 0.677. The van der Waals surface area contributed by atoms with Gasteiger partial charge in [-0.2, -0.15) is 13.2 Å². The molecule has 0 aliphatic rings. The average molecular weight is 370 g/mol. The van der Waals surface area contributed by atoms with E-state index in [4.69, 9.17) is 0 Å². The van der Waals surface area contributed by atoms with Crippen molar-refractivity contribution in [1.82, 2.24) is 14.1 Å². The van der Waals surface area contributed by atoms with Gasteiger partial charge in [-0.25, -0.2) is 9.78 Å². The van der Waals surface area contributed by atoms with Gasteiger partial charge >= 0.3 is 11.9 Å². The topological polar surface area (TPSA) is 68.9 Å². The maximum absolute atomic E-state index is 12.5. The summed E-state index contributed by atoms with van der Waals surface area (Å²) in [5, 5.41) is 2.96. The van der Waals surface area contributed by atoms with Gasteiger partial charge in [0, 0.05) is 11.9 Å². The van der Waals surface area contributed by atoms with Crippen molar-refractivity contribution in [3.05, 3.63) is 45.8 Å². The summed E-state index contributed by atoms with van der Waals surface area (Å²) in [6.45, 7) is 1.94. The number of benzene rings is 1. The highest BCUT2D eigenvalue weighted by Crippen LogP contribution is 2.31. The summed E-state index contributed by atoms with van der Waals surface area (Å²) in [6.07, 6.45) is -4.56. The Labute approximate surface area is 143 Å². The van der Waals surface area contributed by atoms with E-state index in [2.05, 4.69) is 10.3 Å². The van der Waals surface area contributed by atoms with Gasteiger partial charge in [-0.15, -0.1) is 11.3 Å². The van der Waals surface area contributed by atoms with Crippen LogP contribution in [0.25, 0.3) is 11.0 Å². The first kappa shape index (κ1) is 17.2. The minimum Gasteiger partial charge on any atom is -0.300 e. The van der Waals surface area contributed by atoms with Gasteiger partial charge < -0.3 is 5.32 Å². The molecule has 132 valence electrons. The molecule has 3 aromatic rings. The fourth-order valence-corrected chi connectivity index (χ4v) is 3.23. The number of carbonyl (C=O) groups is 1. The SMILES string of the molecule is CCn1c(=O)n(CC(=O)Nc2nc(C(F)(F)F)cs2)c2ccccc21. The molecule has 6 nitrogen and oxygen atoms in total. The predicted octanol–water partition coefficient (Wildman–Crippen LogP) is 2.94. The largest absolute Gasteiger partial charge is 0.434 e. The highest BCUT2D eigenvalue weighted by atomic mass is 32.1. The lowest BCUT2D eigenvalue weighted by atomic mass is 10.3. The average Bonchev–Trinajstić information content (AvgIpc) is 3.11. The van der Waals surface area contributed by atoms with Gasteiger partial charge in [0.25, 0.3) is 0 Å². The molecular formula is C15H13F3N4O2S. The van der Waals surface area contributed by atoms with Gasteiger partial charge in [0.1, 0.15) is 6.54 Å². The maximum atomic E-state index is 12.5.